The number of hydrogen-bond donors (Lipinski definition) is 3. The summed E-state index contributed by atoms with van der Waals surface area (Å²) in [6.07, 6.45) is -1.16. The van der Waals surface area contributed by atoms with Gasteiger partial charge in [-0.2, -0.15) is 0 Å². The first-order valence-corrected chi connectivity index (χ1v) is 11.4. The van der Waals surface area contributed by atoms with Gasteiger partial charge in [-0.1, -0.05) is 77.3 Å². The van der Waals surface area contributed by atoms with E-state index in [4.69, 9.17) is 51.8 Å². The molecule has 0 saturated heterocycles. The van der Waals surface area contributed by atoms with Gasteiger partial charge in [0.1, 0.15) is 11.9 Å². The first-order valence-electron chi connectivity index (χ1n) is 9.81. The predicted molar refractivity (Wildman–Crippen MR) is 139 cm³/mol. The molecule has 0 bridgehead atoms. The third-order valence-electron chi connectivity index (χ3n) is 4.78. The Balaban J connectivity index is 1.73. The minimum Gasteiger partial charge on any atom is -0.495 e. The number of nitrogens with one attached hydrogen (secondary N) is 3. The maximum Gasteiger partial charge on any atom is 0.271 e. The van der Waals surface area contributed by atoms with Crippen LogP contribution in [0.1, 0.15) is 5.56 Å². The number of methoxy groups -OCH3 is 1. The second-order valence-corrected chi connectivity index (χ2v) is 9.87. The number of carbonyl (C=O) groups is 1. The molecule has 1 atom stereocenters. The summed E-state index contributed by atoms with van der Waals surface area (Å²) in [7, 11) is 1.40. The zero-order valence-electron chi connectivity index (χ0n) is 17.7. The Morgan fingerprint density at radius 2 is 1.82 bits per heavy atom. The van der Waals surface area contributed by atoms with Crippen molar-refractivity contribution in [3.05, 3.63) is 76.3 Å². The number of non-ortho nitro benzene ring substituents is 1. The Bertz CT molecular complexity index is 1230. The molecule has 3 aromatic rings. The number of fused-ring (bicyclic) bond motifs is 1. The lowest BCUT2D eigenvalue weighted by molar-refractivity contribution is -0.384. The highest BCUT2D eigenvalue weighted by Gasteiger charge is 2.34. The monoisotopic (exact) mass is 540 g/mol. The molecule has 0 spiro atoms. The van der Waals surface area contributed by atoms with E-state index in [1.807, 2.05) is 42.5 Å². The minimum atomic E-state index is -1.97. The molecular weight excluding hydrogens is 523 g/mol. The quantitative estimate of drug-likeness (QED) is 0.126. The van der Waals surface area contributed by atoms with Gasteiger partial charge in [-0.25, -0.2) is 0 Å². The third-order valence-corrected chi connectivity index (χ3v) is 5.66. The van der Waals surface area contributed by atoms with E-state index in [-0.39, 0.29) is 22.9 Å². The fourth-order valence-corrected chi connectivity index (χ4v) is 3.78. The number of ether oxygens (including phenoxy) is 1. The molecule has 0 aliphatic carbocycles. The van der Waals surface area contributed by atoms with Crippen LogP contribution in [0.4, 0.5) is 11.4 Å². The SMILES string of the molecule is COc1ccc([N+](=O)[O-])cc1NC(=S)N[C@@H](NC(=O)Cc1cccc2ccccc12)C(Cl)(Cl)Cl. The maximum atomic E-state index is 12.8. The highest BCUT2D eigenvalue weighted by atomic mass is 35.6. The molecule has 178 valence electrons. The average molecular weight is 542 g/mol. The van der Waals surface area contributed by atoms with E-state index >= 15 is 0 Å². The van der Waals surface area contributed by atoms with Gasteiger partial charge >= 0.3 is 0 Å². The minimum absolute atomic E-state index is 0.0408. The van der Waals surface area contributed by atoms with E-state index in [1.54, 1.807) is 0 Å². The summed E-state index contributed by atoms with van der Waals surface area (Å²) in [4.78, 5) is 23.3. The summed E-state index contributed by atoms with van der Waals surface area (Å²) >= 11 is 23.5. The summed E-state index contributed by atoms with van der Waals surface area (Å²) in [6, 6.07) is 17.3. The Morgan fingerprint density at radius 3 is 2.50 bits per heavy atom. The molecule has 0 fully saturated rings. The van der Waals surface area contributed by atoms with Crippen molar-refractivity contribution < 1.29 is 14.5 Å². The summed E-state index contributed by atoms with van der Waals surface area (Å²) in [5, 5.41) is 21.1. The van der Waals surface area contributed by atoms with Gasteiger partial charge in [-0.15, -0.1) is 0 Å². The normalized spacial score (nSPS) is 12.0. The largest absolute Gasteiger partial charge is 0.495 e. The Morgan fingerprint density at radius 1 is 1.12 bits per heavy atom. The zero-order chi connectivity index (χ0) is 24.9. The molecule has 3 rings (SSSR count). The lowest BCUT2D eigenvalue weighted by Gasteiger charge is -2.28. The molecule has 0 aromatic heterocycles. The van der Waals surface area contributed by atoms with Gasteiger partial charge in [-0.3, -0.25) is 14.9 Å². The van der Waals surface area contributed by atoms with Crippen molar-refractivity contribution in [1.82, 2.24) is 10.6 Å². The Kier molecular flexibility index (Phi) is 8.37. The number of thiocarbonyl (C=S) groups is 1. The van der Waals surface area contributed by atoms with E-state index in [1.165, 1.54) is 25.3 Å². The van der Waals surface area contributed by atoms with Crippen molar-refractivity contribution >= 4 is 80.2 Å². The van der Waals surface area contributed by atoms with Crippen LogP contribution in [-0.4, -0.2) is 33.0 Å². The molecule has 34 heavy (non-hydrogen) atoms. The van der Waals surface area contributed by atoms with Crippen LogP contribution in [0.15, 0.2) is 60.7 Å². The number of carbonyl (C=O) groups excluding carboxylic acids is 1. The van der Waals surface area contributed by atoms with Gasteiger partial charge in [0.15, 0.2) is 5.11 Å². The van der Waals surface area contributed by atoms with Crippen LogP contribution in [0.3, 0.4) is 0 Å². The van der Waals surface area contributed by atoms with Crippen molar-refractivity contribution in [3.63, 3.8) is 0 Å². The van der Waals surface area contributed by atoms with Crippen LogP contribution in [0, 0.1) is 10.1 Å². The number of nitrogens with zero attached hydrogens (tertiary/aromatic N) is 1. The first-order chi connectivity index (χ1) is 16.1. The van der Waals surface area contributed by atoms with Crippen LogP contribution in [-0.2, 0) is 11.2 Å². The molecule has 12 heteroatoms. The molecule has 0 saturated carbocycles. The number of benzene rings is 3. The van der Waals surface area contributed by atoms with Crippen LogP contribution >= 0.6 is 47.0 Å². The molecule has 0 heterocycles. The lowest BCUT2D eigenvalue weighted by Crippen LogP contribution is -2.56. The van der Waals surface area contributed by atoms with Gasteiger partial charge in [0.05, 0.1) is 24.1 Å². The smallest absolute Gasteiger partial charge is 0.271 e. The van der Waals surface area contributed by atoms with Crippen molar-refractivity contribution in [2.75, 3.05) is 12.4 Å². The molecule has 0 unspecified atom stereocenters. The van der Waals surface area contributed by atoms with Crippen LogP contribution in [0.5, 0.6) is 5.75 Å². The Labute approximate surface area is 215 Å². The fourth-order valence-electron chi connectivity index (χ4n) is 3.23. The van der Waals surface area contributed by atoms with Gasteiger partial charge < -0.3 is 20.7 Å². The van der Waals surface area contributed by atoms with Crippen molar-refractivity contribution in [2.24, 2.45) is 0 Å². The molecule has 0 aliphatic heterocycles. The topological polar surface area (TPSA) is 106 Å². The van der Waals surface area contributed by atoms with E-state index in [0.29, 0.717) is 5.75 Å². The highest BCUT2D eigenvalue weighted by Crippen LogP contribution is 2.31. The van der Waals surface area contributed by atoms with Crippen LogP contribution < -0.4 is 20.7 Å². The number of nitro benzene ring substituents is 1. The van der Waals surface area contributed by atoms with Gasteiger partial charge in [0.2, 0.25) is 9.70 Å². The molecular formula is C22H19Cl3N4O4S. The molecule has 8 nitrogen and oxygen atoms in total. The number of hydrogen-bond acceptors (Lipinski definition) is 5. The molecule has 0 aliphatic rings. The number of alkyl halides is 3. The zero-order valence-corrected chi connectivity index (χ0v) is 20.8. The van der Waals surface area contributed by atoms with E-state index < -0.39 is 20.8 Å². The molecule has 3 N–H and O–H groups in total. The van der Waals surface area contributed by atoms with Crippen molar-refractivity contribution in [2.45, 2.75) is 16.4 Å². The second-order valence-electron chi connectivity index (χ2n) is 7.10. The van der Waals surface area contributed by atoms with E-state index in [9.17, 15) is 14.9 Å². The molecule has 3 aromatic carbocycles. The summed E-state index contributed by atoms with van der Waals surface area (Å²) in [5.41, 5.74) is 0.854. The molecule has 0 radical (unpaired) electrons. The number of nitro groups is 1. The molecule has 1 amide bonds. The van der Waals surface area contributed by atoms with Gasteiger partial charge in [0, 0.05) is 12.1 Å². The summed E-state index contributed by atoms with van der Waals surface area (Å²) < 4.78 is 3.23. The van der Waals surface area contributed by atoms with E-state index in [0.717, 1.165) is 16.3 Å². The highest BCUT2D eigenvalue weighted by molar-refractivity contribution is 7.80. The number of anilines is 1. The van der Waals surface area contributed by atoms with Crippen molar-refractivity contribution in [1.29, 1.82) is 0 Å². The first kappa shape index (κ1) is 25.8. The summed E-state index contributed by atoms with van der Waals surface area (Å²) in [6.45, 7) is 0. The van der Waals surface area contributed by atoms with Crippen LogP contribution in [0.25, 0.3) is 10.8 Å². The van der Waals surface area contributed by atoms with Crippen LogP contribution in [0.2, 0.25) is 0 Å². The lowest BCUT2D eigenvalue weighted by atomic mass is 10.0. The maximum absolute atomic E-state index is 12.8. The van der Waals surface area contributed by atoms with E-state index in [2.05, 4.69) is 16.0 Å². The predicted octanol–water partition coefficient (Wildman–Crippen LogP) is 5.10. The Hall–Kier alpha value is -2.85. The van der Waals surface area contributed by atoms with Gasteiger partial charge in [0.25, 0.3) is 5.69 Å². The third kappa shape index (κ3) is 6.60. The summed E-state index contributed by atoms with van der Waals surface area (Å²) in [5.74, 6) is -0.101. The average Bonchev–Trinajstić information content (AvgIpc) is 2.78. The standard InChI is InChI=1S/C22H19Cl3N4O4S/c1-33-18-10-9-15(29(31)32)12-17(18)26-21(34)28-20(22(23,24)25)27-19(30)11-14-7-4-6-13-5-2-3-8-16(13)14/h2-10,12,20H,11H2,1H3,(H,27,30)(H2,26,28,34)/t20-/m1/s1. The number of halogens is 3. The van der Waals surface area contributed by atoms with Gasteiger partial charge in [-0.05, 0) is 34.6 Å². The number of rotatable bonds is 7. The number of amides is 1. The fraction of sp³-hybridized carbons (Fsp3) is 0.182. The second kappa shape index (κ2) is 11.1. The van der Waals surface area contributed by atoms with Crippen molar-refractivity contribution in [3.8, 4) is 5.75 Å².